The second kappa shape index (κ2) is 6.53. The number of rotatable bonds is 6. The minimum absolute atomic E-state index is 0.0541. The molecule has 19 heavy (non-hydrogen) atoms. The van der Waals surface area contributed by atoms with Crippen molar-refractivity contribution in [2.45, 2.75) is 19.1 Å². The predicted octanol–water partition coefficient (Wildman–Crippen LogP) is -0.933. The van der Waals surface area contributed by atoms with E-state index in [0.717, 1.165) is 0 Å². The van der Waals surface area contributed by atoms with Crippen LogP contribution < -0.4 is 0 Å². The molecule has 0 aliphatic carbocycles. The van der Waals surface area contributed by atoms with Crippen LogP contribution in [0.2, 0.25) is 0 Å². The molecule has 4 N–H and O–H groups in total. The van der Waals surface area contributed by atoms with Gasteiger partial charge in [0.2, 0.25) is 0 Å². The van der Waals surface area contributed by atoms with Crippen LogP contribution in [0.15, 0.2) is 18.2 Å². The Kier molecular flexibility index (Phi) is 5.31. The molecule has 2 unspecified atom stereocenters. The van der Waals surface area contributed by atoms with E-state index in [1.54, 1.807) is 13.0 Å². The Morgan fingerprint density at radius 3 is 2.11 bits per heavy atom. The summed E-state index contributed by atoms with van der Waals surface area (Å²) >= 11 is 0. The van der Waals surface area contributed by atoms with Crippen LogP contribution in [0.25, 0.3) is 0 Å². The van der Waals surface area contributed by atoms with Crippen LogP contribution in [-0.2, 0) is 0 Å². The van der Waals surface area contributed by atoms with E-state index in [0.29, 0.717) is 5.56 Å². The highest BCUT2D eigenvalue weighted by atomic mass is 16.3. The Labute approximate surface area is 109 Å². The van der Waals surface area contributed by atoms with Gasteiger partial charge in [-0.05, 0) is 12.5 Å². The summed E-state index contributed by atoms with van der Waals surface area (Å²) in [7, 11) is 0. The molecule has 6 nitrogen and oxygen atoms in total. The molecule has 0 aliphatic rings. The zero-order valence-corrected chi connectivity index (χ0v) is 10.4. The molecule has 0 amide bonds. The number of benzene rings is 1. The molecule has 1 aromatic rings. The first-order chi connectivity index (χ1) is 8.93. The molecule has 0 saturated carbocycles. The SMILES string of the molecule is Cc1cccc(C(=O)C(O)CO)c1C(=O)C(O)CO. The van der Waals surface area contributed by atoms with E-state index in [2.05, 4.69) is 0 Å². The first-order valence-corrected chi connectivity index (χ1v) is 5.69. The summed E-state index contributed by atoms with van der Waals surface area (Å²) in [6.45, 7) is 0.0474. The van der Waals surface area contributed by atoms with E-state index in [-0.39, 0.29) is 11.1 Å². The van der Waals surface area contributed by atoms with E-state index < -0.39 is 37.0 Å². The van der Waals surface area contributed by atoms with Gasteiger partial charge in [-0.2, -0.15) is 0 Å². The molecule has 0 aliphatic heterocycles. The van der Waals surface area contributed by atoms with Gasteiger partial charge in [-0.25, -0.2) is 0 Å². The van der Waals surface area contributed by atoms with Crippen molar-refractivity contribution in [1.82, 2.24) is 0 Å². The molecule has 1 aromatic carbocycles. The summed E-state index contributed by atoms with van der Waals surface area (Å²) in [6.07, 6.45) is -3.25. The number of hydrogen-bond acceptors (Lipinski definition) is 6. The first-order valence-electron chi connectivity index (χ1n) is 5.69. The van der Waals surface area contributed by atoms with E-state index in [4.69, 9.17) is 10.2 Å². The fraction of sp³-hybridized carbons (Fsp3) is 0.385. The Hall–Kier alpha value is -1.60. The minimum atomic E-state index is -1.63. The van der Waals surface area contributed by atoms with Gasteiger partial charge < -0.3 is 20.4 Å². The van der Waals surface area contributed by atoms with Gasteiger partial charge in [0.25, 0.3) is 0 Å². The lowest BCUT2D eigenvalue weighted by Crippen LogP contribution is -2.30. The van der Waals surface area contributed by atoms with Crippen LogP contribution in [-0.4, -0.2) is 57.4 Å². The van der Waals surface area contributed by atoms with Crippen LogP contribution >= 0.6 is 0 Å². The largest absolute Gasteiger partial charge is 0.393 e. The van der Waals surface area contributed by atoms with Crippen LogP contribution in [0.4, 0.5) is 0 Å². The zero-order valence-electron chi connectivity index (χ0n) is 10.4. The summed E-state index contributed by atoms with van der Waals surface area (Å²) in [4.78, 5) is 23.8. The number of carbonyl (C=O) groups is 2. The Bertz CT molecular complexity index is 482. The quantitative estimate of drug-likeness (QED) is 0.495. The van der Waals surface area contributed by atoms with Gasteiger partial charge in [-0.1, -0.05) is 18.2 Å². The number of aliphatic hydroxyl groups is 4. The lowest BCUT2D eigenvalue weighted by molar-refractivity contribution is 0.0555. The standard InChI is InChI=1S/C13H16O6/c1-7-3-2-4-8(12(18)9(16)5-14)11(7)13(19)10(17)6-15/h2-4,9-10,14-17H,5-6H2,1H3. The summed E-state index contributed by atoms with van der Waals surface area (Å²) in [5, 5.41) is 36.3. The molecule has 6 heteroatoms. The molecule has 0 saturated heterocycles. The lowest BCUT2D eigenvalue weighted by Gasteiger charge is -2.15. The normalized spacial score (nSPS) is 13.9. The number of aryl methyl sites for hydroxylation is 1. The van der Waals surface area contributed by atoms with E-state index in [1.807, 2.05) is 0 Å². The maximum atomic E-state index is 11.9. The van der Waals surface area contributed by atoms with E-state index in [9.17, 15) is 19.8 Å². The third-order valence-corrected chi connectivity index (χ3v) is 2.74. The van der Waals surface area contributed by atoms with Gasteiger partial charge in [-0.3, -0.25) is 9.59 Å². The molecule has 0 radical (unpaired) electrons. The van der Waals surface area contributed by atoms with Crippen molar-refractivity contribution in [3.8, 4) is 0 Å². The molecule has 0 bridgehead atoms. The Balaban J connectivity index is 3.31. The molecule has 0 heterocycles. The number of aliphatic hydroxyl groups excluding tert-OH is 4. The maximum absolute atomic E-state index is 11.9. The van der Waals surface area contributed by atoms with Crippen LogP contribution in [0.5, 0.6) is 0 Å². The molecule has 2 atom stereocenters. The Morgan fingerprint density at radius 1 is 1.05 bits per heavy atom. The topological polar surface area (TPSA) is 115 Å². The van der Waals surface area contributed by atoms with Crippen molar-refractivity contribution in [1.29, 1.82) is 0 Å². The number of hydrogen-bond donors (Lipinski definition) is 4. The fourth-order valence-corrected chi connectivity index (χ4v) is 1.71. The second-order valence-corrected chi connectivity index (χ2v) is 4.12. The molecular weight excluding hydrogens is 252 g/mol. The predicted molar refractivity (Wildman–Crippen MR) is 66.0 cm³/mol. The Morgan fingerprint density at radius 2 is 1.58 bits per heavy atom. The van der Waals surface area contributed by atoms with Crippen LogP contribution in [0.1, 0.15) is 26.3 Å². The highest BCUT2D eigenvalue weighted by Crippen LogP contribution is 2.18. The summed E-state index contributed by atoms with van der Waals surface area (Å²) < 4.78 is 0. The molecule has 0 aromatic heterocycles. The first kappa shape index (κ1) is 15.5. The summed E-state index contributed by atoms with van der Waals surface area (Å²) in [6, 6.07) is 4.42. The van der Waals surface area contributed by atoms with Crippen molar-refractivity contribution in [2.24, 2.45) is 0 Å². The van der Waals surface area contributed by atoms with Gasteiger partial charge in [0, 0.05) is 11.1 Å². The van der Waals surface area contributed by atoms with Gasteiger partial charge in [0.05, 0.1) is 13.2 Å². The molecular formula is C13H16O6. The van der Waals surface area contributed by atoms with Gasteiger partial charge in [-0.15, -0.1) is 0 Å². The average Bonchev–Trinajstić information content (AvgIpc) is 2.43. The zero-order chi connectivity index (χ0) is 14.6. The van der Waals surface area contributed by atoms with E-state index >= 15 is 0 Å². The monoisotopic (exact) mass is 268 g/mol. The molecule has 0 spiro atoms. The number of carbonyl (C=O) groups excluding carboxylic acids is 2. The van der Waals surface area contributed by atoms with Gasteiger partial charge in [0.15, 0.2) is 11.6 Å². The van der Waals surface area contributed by atoms with Gasteiger partial charge >= 0.3 is 0 Å². The smallest absolute Gasteiger partial charge is 0.194 e. The minimum Gasteiger partial charge on any atom is -0.393 e. The van der Waals surface area contributed by atoms with Crippen LogP contribution in [0.3, 0.4) is 0 Å². The average molecular weight is 268 g/mol. The maximum Gasteiger partial charge on any atom is 0.194 e. The van der Waals surface area contributed by atoms with Crippen molar-refractivity contribution in [2.75, 3.05) is 13.2 Å². The molecule has 1 rings (SSSR count). The highest BCUT2D eigenvalue weighted by Gasteiger charge is 2.26. The highest BCUT2D eigenvalue weighted by molar-refractivity contribution is 6.12. The third kappa shape index (κ3) is 3.24. The lowest BCUT2D eigenvalue weighted by atomic mass is 9.92. The van der Waals surface area contributed by atoms with Gasteiger partial charge in [0.1, 0.15) is 12.2 Å². The summed E-state index contributed by atoms with van der Waals surface area (Å²) in [5.74, 6) is -1.60. The fourth-order valence-electron chi connectivity index (χ4n) is 1.71. The van der Waals surface area contributed by atoms with Crippen molar-refractivity contribution >= 4 is 11.6 Å². The summed E-state index contributed by atoms with van der Waals surface area (Å²) in [5.41, 5.74) is 0.300. The van der Waals surface area contributed by atoms with Crippen molar-refractivity contribution in [3.63, 3.8) is 0 Å². The second-order valence-electron chi connectivity index (χ2n) is 4.12. The van der Waals surface area contributed by atoms with E-state index in [1.165, 1.54) is 12.1 Å². The van der Waals surface area contributed by atoms with Crippen molar-refractivity contribution < 1.29 is 30.0 Å². The third-order valence-electron chi connectivity index (χ3n) is 2.74. The number of ketones is 2. The van der Waals surface area contributed by atoms with Crippen molar-refractivity contribution in [3.05, 3.63) is 34.9 Å². The molecule has 0 fully saturated rings. The molecule has 104 valence electrons. The van der Waals surface area contributed by atoms with Crippen LogP contribution in [0, 0.1) is 6.92 Å². The number of Topliss-reactive ketones (excluding diaryl/α,β-unsaturated/α-hetero) is 2.